The molecule has 2 unspecified atom stereocenters. The van der Waals surface area contributed by atoms with Crippen molar-refractivity contribution in [2.75, 3.05) is 26.2 Å². The van der Waals surface area contributed by atoms with E-state index in [1.807, 2.05) is 24.3 Å². The van der Waals surface area contributed by atoms with Crippen molar-refractivity contribution in [3.8, 4) is 0 Å². The zero-order valence-corrected chi connectivity index (χ0v) is 11.5. The topological polar surface area (TPSA) is 33.3 Å². The lowest BCUT2D eigenvalue weighted by molar-refractivity contribution is 0.0998. The first-order chi connectivity index (χ1) is 9.38. The van der Waals surface area contributed by atoms with Gasteiger partial charge in [-0.3, -0.25) is 0 Å². The Morgan fingerprint density at radius 3 is 2.84 bits per heavy atom. The van der Waals surface area contributed by atoms with Crippen molar-refractivity contribution in [3.05, 3.63) is 48.6 Å². The molecule has 1 aliphatic heterocycles. The Morgan fingerprint density at radius 2 is 2.05 bits per heavy atom. The summed E-state index contributed by atoms with van der Waals surface area (Å²) in [6.07, 6.45) is 3.07. The smallest absolute Gasteiger partial charge is 0.0717 e. The summed E-state index contributed by atoms with van der Waals surface area (Å²) >= 11 is 0. The van der Waals surface area contributed by atoms with E-state index >= 15 is 0 Å². The van der Waals surface area contributed by atoms with Gasteiger partial charge in [0.25, 0.3) is 0 Å². The molecule has 19 heavy (non-hydrogen) atoms. The van der Waals surface area contributed by atoms with Gasteiger partial charge in [0.1, 0.15) is 0 Å². The van der Waals surface area contributed by atoms with Crippen LogP contribution in [0.25, 0.3) is 0 Å². The third kappa shape index (κ3) is 5.15. The van der Waals surface area contributed by atoms with E-state index in [9.17, 15) is 0 Å². The van der Waals surface area contributed by atoms with Crippen LogP contribution in [0.2, 0.25) is 0 Å². The van der Waals surface area contributed by atoms with Crippen LogP contribution in [0.4, 0.5) is 0 Å². The zero-order valence-electron chi connectivity index (χ0n) is 11.5. The molecule has 3 heteroatoms. The fraction of sp³-hybridized carbons (Fsp3) is 0.500. The highest BCUT2D eigenvalue weighted by Gasteiger charge is 2.16. The number of hydrogen-bond donors (Lipinski definition) is 2. The summed E-state index contributed by atoms with van der Waals surface area (Å²) in [7, 11) is 0. The Morgan fingerprint density at radius 1 is 1.21 bits per heavy atom. The fourth-order valence-electron chi connectivity index (χ4n) is 2.35. The average Bonchev–Trinajstić information content (AvgIpc) is 2.66. The molecule has 0 bridgehead atoms. The maximum Gasteiger partial charge on any atom is 0.0717 e. The molecule has 0 aromatic heterocycles. The van der Waals surface area contributed by atoms with Crippen molar-refractivity contribution in [2.45, 2.75) is 19.1 Å². The molecular weight excluding hydrogens is 236 g/mol. The Bertz CT molecular complexity index is 366. The minimum absolute atomic E-state index is 0.401. The van der Waals surface area contributed by atoms with E-state index in [1.165, 1.54) is 5.56 Å². The number of rotatable bonds is 6. The summed E-state index contributed by atoms with van der Waals surface area (Å²) in [5.74, 6) is 0.650. The highest BCUT2D eigenvalue weighted by molar-refractivity contribution is 5.13. The molecular formula is C16H24N2O. The van der Waals surface area contributed by atoms with Crippen molar-refractivity contribution >= 4 is 0 Å². The Hall–Kier alpha value is -1.16. The second-order valence-corrected chi connectivity index (χ2v) is 5.15. The molecule has 1 aliphatic rings. The number of benzene rings is 1. The SMILES string of the molecule is C=CCC1CNCC(COCc2ccccc2)NC1. The van der Waals surface area contributed by atoms with Crippen LogP contribution < -0.4 is 10.6 Å². The second kappa shape index (κ2) is 8.10. The molecule has 3 nitrogen and oxygen atoms in total. The lowest BCUT2D eigenvalue weighted by Crippen LogP contribution is -2.39. The Balaban J connectivity index is 1.67. The predicted octanol–water partition coefficient (Wildman–Crippen LogP) is 1.96. The maximum atomic E-state index is 5.79. The summed E-state index contributed by atoms with van der Waals surface area (Å²) in [5, 5.41) is 7.06. The third-order valence-corrected chi connectivity index (χ3v) is 3.45. The summed E-state index contributed by atoms with van der Waals surface area (Å²) < 4.78 is 5.79. The summed E-state index contributed by atoms with van der Waals surface area (Å²) in [5.41, 5.74) is 1.23. The molecule has 2 rings (SSSR count). The van der Waals surface area contributed by atoms with Gasteiger partial charge in [-0.05, 0) is 31.0 Å². The normalized spacial score (nSPS) is 23.8. The molecule has 1 saturated heterocycles. The van der Waals surface area contributed by atoms with E-state index in [0.29, 0.717) is 18.6 Å². The molecule has 2 N–H and O–H groups in total. The Labute approximate surface area is 116 Å². The third-order valence-electron chi connectivity index (χ3n) is 3.45. The minimum atomic E-state index is 0.401. The molecule has 1 aromatic rings. The second-order valence-electron chi connectivity index (χ2n) is 5.15. The van der Waals surface area contributed by atoms with Crippen LogP contribution >= 0.6 is 0 Å². The molecule has 0 amide bonds. The van der Waals surface area contributed by atoms with Gasteiger partial charge in [-0.2, -0.15) is 0 Å². The number of allylic oxidation sites excluding steroid dienone is 1. The van der Waals surface area contributed by atoms with Gasteiger partial charge in [-0.1, -0.05) is 36.4 Å². The molecule has 0 aliphatic carbocycles. The van der Waals surface area contributed by atoms with E-state index in [-0.39, 0.29) is 0 Å². The zero-order chi connectivity index (χ0) is 13.3. The van der Waals surface area contributed by atoms with Gasteiger partial charge in [-0.25, -0.2) is 0 Å². The average molecular weight is 260 g/mol. The van der Waals surface area contributed by atoms with Crippen molar-refractivity contribution in [2.24, 2.45) is 5.92 Å². The summed E-state index contributed by atoms with van der Waals surface area (Å²) in [6, 6.07) is 10.7. The van der Waals surface area contributed by atoms with Gasteiger partial charge in [-0.15, -0.1) is 6.58 Å². The maximum absolute atomic E-state index is 5.79. The lowest BCUT2D eigenvalue weighted by Gasteiger charge is -2.16. The van der Waals surface area contributed by atoms with Crippen LogP contribution in [0, 0.1) is 5.92 Å². The molecule has 2 atom stereocenters. The quantitative estimate of drug-likeness (QED) is 0.767. The Kier molecular flexibility index (Phi) is 6.08. The lowest BCUT2D eigenvalue weighted by atomic mass is 10.1. The first-order valence-corrected chi connectivity index (χ1v) is 7.05. The van der Waals surface area contributed by atoms with Gasteiger partial charge in [0.15, 0.2) is 0 Å². The molecule has 0 saturated carbocycles. The monoisotopic (exact) mass is 260 g/mol. The van der Waals surface area contributed by atoms with Crippen LogP contribution in [0.5, 0.6) is 0 Å². The van der Waals surface area contributed by atoms with Gasteiger partial charge in [0.05, 0.1) is 13.2 Å². The first kappa shape index (κ1) is 14.3. The van der Waals surface area contributed by atoms with E-state index in [1.54, 1.807) is 0 Å². The predicted molar refractivity (Wildman–Crippen MR) is 79.1 cm³/mol. The highest BCUT2D eigenvalue weighted by atomic mass is 16.5. The standard InChI is InChI=1S/C16H24N2O/c1-2-6-15-9-17-11-16(18-10-15)13-19-12-14-7-4-3-5-8-14/h2-5,7-8,15-18H,1,6,9-13H2. The number of ether oxygens (including phenoxy) is 1. The minimum Gasteiger partial charge on any atom is -0.375 e. The van der Waals surface area contributed by atoms with E-state index < -0.39 is 0 Å². The van der Waals surface area contributed by atoms with Crippen molar-refractivity contribution in [3.63, 3.8) is 0 Å². The van der Waals surface area contributed by atoms with Gasteiger partial charge in [0.2, 0.25) is 0 Å². The largest absolute Gasteiger partial charge is 0.375 e. The summed E-state index contributed by atoms with van der Waals surface area (Å²) in [4.78, 5) is 0. The number of nitrogens with one attached hydrogen (secondary N) is 2. The fourth-order valence-corrected chi connectivity index (χ4v) is 2.35. The van der Waals surface area contributed by atoms with E-state index in [2.05, 4.69) is 29.3 Å². The molecule has 1 fully saturated rings. The van der Waals surface area contributed by atoms with Crippen molar-refractivity contribution in [1.29, 1.82) is 0 Å². The van der Waals surface area contributed by atoms with Crippen LogP contribution in [0.1, 0.15) is 12.0 Å². The first-order valence-electron chi connectivity index (χ1n) is 7.05. The van der Waals surface area contributed by atoms with E-state index in [0.717, 1.165) is 32.7 Å². The van der Waals surface area contributed by atoms with Crippen molar-refractivity contribution in [1.82, 2.24) is 10.6 Å². The van der Waals surface area contributed by atoms with Crippen LogP contribution in [-0.4, -0.2) is 32.3 Å². The van der Waals surface area contributed by atoms with Gasteiger partial charge in [0, 0.05) is 12.6 Å². The van der Waals surface area contributed by atoms with Crippen LogP contribution in [0.15, 0.2) is 43.0 Å². The molecule has 1 heterocycles. The molecule has 0 radical (unpaired) electrons. The number of hydrogen-bond acceptors (Lipinski definition) is 3. The molecule has 1 aromatic carbocycles. The highest BCUT2D eigenvalue weighted by Crippen LogP contribution is 2.05. The van der Waals surface area contributed by atoms with Crippen molar-refractivity contribution < 1.29 is 4.74 Å². The molecule has 104 valence electrons. The van der Waals surface area contributed by atoms with Gasteiger partial charge < -0.3 is 15.4 Å². The van der Waals surface area contributed by atoms with Crippen LogP contribution in [-0.2, 0) is 11.3 Å². The van der Waals surface area contributed by atoms with Crippen LogP contribution in [0.3, 0.4) is 0 Å². The molecule has 0 spiro atoms. The summed E-state index contributed by atoms with van der Waals surface area (Å²) in [6.45, 7) is 8.33. The van der Waals surface area contributed by atoms with Gasteiger partial charge >= 0.3 is 0 Å². The van der Waals surface area contributed by atoms with E-state index in [4.69, 9.17) is 4.74 Å².